The maximum Gasteiger partial charge on any atom is 0.177 e. The van der Waals surface area contributed by atoms with Gasteiger partial charge in [0.15, 0.2) is 5.78 Å². The molecule has 0 radical (unpaired) electrons. The second-order valence-corrected chi connectivity index (χ2v) is 4.82. The Morgan fingerprint density at radius 1 is 1.40 bits per heavy atom. The number of hydrogen-bond donors (Lipinski definition) is 1. The van der Waals surface area contributed by atoms with Crippen LogP contribution < -0.4 is 0 Å². The van der Waals surface area contributed by atoms with Crippen molar-refractivity contribution in [2.24, 2.45) is 0 Å². The molecular formula is C12H18N2O. The van der Waals surface area contributed by atoms with Crippen LogP contribution in [0.4, 0.5) is 0 Å². The van der Waals surface area contributed by atoms with Gasteiger partial charge in [-0.05, 0) is 12.8 Å². The number of carbonyl (C=O) groups excluding carboxylic acids is 1. The van der Waals surface area contributed by atoms with Gasteiger partial charge >= 0.3 is 0 Å². The molecule has 1 aliphatic rings. The Morgan fingerprint density at radius 3 is 2.60 bits per heavy atom. The van der Waals surface area contributed by atoms with E-state index in [4.69, 9.17) is 0 Å². The smallest absolute Gasteiger partial charge is 0.177 e. The minimum Gasteiger partial charge on any atom is -0.339 e. The van der Waals surface area contributed by atoms with Crippen molar-refractivity contribution < 1.29 is 4.79 Å². The number of rotatable bonds is 2. The Hall–Kier alpha value is -1.12. The van der Waals surface area contributed by atoms with Crippen LogP contribution in [0.1, 0.15) is 62.3 Å². The number of carbonyl (C=O) groups is 1. The molecule has 0 amide bonds. The molecule has 0 atom stereocenters. The van der Waals surface area contributed by atoms with Crippen LogP contribution in [0.25, 0.3) is 0 Å². The molecule has 15 heavy (non-hydrogen) atoms. The van der Waals surface area contributed by atoms with Gasteiger partial charge in [0, 0.05) is 12.3 Å². The monoisotopic (exact) mass is 206 g/mol. The molecule has 0 bridgehead atoms. The summed E-state index contributed by atoms with van der Waals surface area (Å²) in [5.74, 6) is 1.06. The standard InChI is InChI=1S/C12H18N2O/c1-9(15)10-8-13-11(14-10)12(2)6-4-3-5-7-12/h8H,3-7H2,1-2H3,(H,13,14). The van der Waals surface area contributed by atoms with Gasteiger partial charge in [0.05, 0.1) is 6.20 Å². The minimum absolute atomic E-state index is 0.0631. The van der Waals surface area contributed by atoms with Crippen LogP contribution in [0, 0.1) is 0 Å². The van der Waals surface area contributed by atoms with Crippen LogP contribution >= 0.6 is 0 Å². The van der Waals surface area contributed by atoms with Crippen molar-refractivity contribution in [3.63, 3.8) is 0 Å². The van der Waals surface area contributed by atoms with E-state index in [1.807, 2.05) is 0 Å². The van der Waals surface area contributed by atoms with Crippen molar-refractivity contribution >= 4 is 5.78 Å². The first-order valence-corrected chi connectivity index (χ1v) is 5.68. The minimum atomic E-state index is 0.0631. The fourth-order valence-electron chi connectivity index (χ4n) is 2.38. The highest BCUT2D eigenvalue weighted by molar-refractivity contribution is 5.91. The molecule has 0 aliphatic heterocycles. The number of nitrogens with one attached hydrogen (secondary N) is 1. The molecule has 2 rings (SSSR count). The zero-order chi connectivity index (χ0) is 10.9. The molecule has 1 aromatic heterocycles. The molecule has 3 heteroatoms. The predicted octanol–water partition coefficient (Wildman–Crippen LogP) is 2.83. The Bertz CT molecular complexity index is 361. The summed E-state index contributed by atoms with van der Waals surface area (Å²) in [5, 5.41) is 0. The molecular weight excluding hydrogens is 188 g/mol. The first kappa shape index (κ1) is 10.4. The summed E-state index contributed by atoms with van der Waals surface area (Å²) in [4.78, 5) is 18.7. The number of Topliss-reactive ketones (excluding diaryl/α,β-unsaturated/α-hetero) is 1. The van der Waals surface area contributed by atoms with Gasteiger partial charge in [0.1, 0.15) is 11.5 Å². The largest absolute Gasteiger partial charge is 0.339 e. The highest BCUT2D eigenvalue weighted by atomic mass is 16.1. The van der Waals surface area contributed by atoms with Crippen LogP contribution in [-0.4, -0.2) is 15.8 Å². The molecule has 3 nitrogen and oxygen atoms in total. The third kappa shape index (κ3) is 1.96. The van der Waals surface area contributed by atoms with E-state index in [0.717, 1.165) is 5.82 Å². The second kappa shape index (κ2) is 3.80. The summed E-state index contributed by atoms with van der Waals surface area (Å²) in [5.41, 5.74) is 0.795. The molecule has 0 aromatic carbocycles. The van der Waals surface area contributed by atoms with Crippen molar-refractivity contribution in [2.45, 2.75) is 51.4 Å². The van der Waals surface area contributed by atoms with E-state index in [1.54, 1.807) is 13.1 Å². The molecule has 1 fully saturated rings. The van der Waals surface area contributed by atoms with Crippen molar-refractivity contribution in [1.82, 2.24) is 9.97 Å². The van der Waals surface area contributed by atoms with Crippen LogP contribution in [0.5, 0.6) is 0 Å². The Kier molecular flexibility index (Phi) is 2.63. The van der Waals surface area contributed by atoms with Crippen molar-refractivity contribution in [3.05, 3.63) is 17.7 Å². The first-order chi connectivity index (χ1) is 7.12. The number of imidazole rings is 1. The normalized spacial score (nSPS) is 20.1. The fourth-order valence-corrected chi connectivity index (χ4v) is 2.38. The predicted molar refractivity (Wildman–Crippen MR) is 59.0 cm³/mol. The first-order valence-electron chi connectivity index (χ1n) is 5.68. The van der Waals surface area contributed by atoms with Crippen LogP contribution in [0.2, 0.25) is 0 Å². The summed E-state index contributed by atoms with van der Waals surface area (Å²) in [6.45, 7) is 3.81. The van der Waals surface area contributed by atoms with Gasteiger partial charge in [0.2, 0.25) is 0 Å². The van der Waals surface area contributed by atoms with E-state index >= 15 is 0 Å². The summed E-state index contributed by atoms with van der Waals surface area (Å²) in [6, 6.07) is 0. The average molecular weight is 206 g/mol. The van der Waals surface area contributed by atoms with E-state index in [2.05, 4.69) is 16.9 Å². The topological polar surface area (TPSA) is 45.8 Å². The van der Waals surface area contributed by atoms with Gasteiger partial charge in [-0.3, -0.25) is 4.79 Å². The number of H-pyrrole nitrogens is 1. The lowest BCUT2D eigenvalue weighted by Gasteiger charge is -2.31. The van der Waals surface area contributed by atoms with Gasteiger partial charge < -0.3 is 4.98 Å². The lowest BCUT2D eigenvalue weighted by Crippen LogP contribution is -2.26. The van der Waals surface area contributed by atoms with E-state index in [9.17, 15) is 4.79 Å². The Morgan fingerprint density at radius 2 is 2.07 bits per heavy atom. The van der Waals surface area contributed by atoms with Crippen molar-refractivity contribution in [3.8, 4) is 0 Å². The molecule has 1 saturated carbocycles. The van der Waals surface area contributed by atoms with E-state index in [-0.39, 0.29) is 11.2 Å². The van der Waals surface area contributed by atoms with Gasteiger partial charge in [-0.1, -0.05) is 26.2 Å². The van der Waals surface area contributed by atoms with E-state index in [1.165, 1.54) is 32.1 Å². The quantitative estimate of drug-likeness (QED) is 0.756. The highest BCUT2D eigenvalue weighted by Gasteiger charge is 2.31. The van der Waals surface area contributed by atoms with Gasteiger partial charge in [-0.15, -0.1) is 0 Å². The second-order valence-electron chi connectivity index (χ2n) is 4.82. The molecule has 0 spiro atoms. The molecule has 82 valence electrons. The average Bonchev–Trinajstić information content (AvgIpc) is 2.68. The summed E-state index contributed by atoms with van der Waals surface area (Å²) < 4.78 is 0. The van der Waals surface area contributed by atoms with Gasteiger partial charge in [0.25, 0.3) is 0 Å². The van der Waals surface area contributed by atoms with E-state index < -0.39 is 0 Å². The Labute approximate surface area is 90.3 Å². The van der Waals surface area contributed by atoms with Crippen LogP contribution in [0.3, 0.4) is 0 Å². The van der Waals surface area contributed by atoms with Crippen LogP contribution in [-0.2, 0) is 5.41 Å². The molecule has 0 saturated heterocycles. The fraction of sp³-hybridized carbons (Fsp3) is 0.667. The summed E-state index contributed by atoms with van der Waals surface area (Å²) in [7, 11) is 0. The lowest BCUT2D eigenvalue weighted by molar-refractivity contribution is 0.101. The number of ketones is 1. The third-order valence-electron chi connectivity index (χ3n) is 3.48. The highest BCUT2D eigenvalue weighted by Crippen LogP contribution is 2.37. The number of nitrogens with zero attached hydrogens (tertiary/aromatic N) is 1. The maximum atomic E-state index is 11.2. The summed E-state index contributed by atoms with van der Waals surface area (Å²) >= 11 is 0. The van der Waals surface area contributed by atoms with Gasteiger partial charge in [-0.2, -0.15) is 0 Å². The van der Waals surface area contributed by atoms with Crippen LogP contribution in [0.15, 0.2) is 6.20 Å². The number of aromatic nitrogens is 2. The maximum absolute atomic E-state index is 11.2. The zero-order valence-corrected chi connectivity index (χ0v) is 9.47. The molecule has 0 unspecified atom stereocenters. The summed E-state index contributed by atoms with van der Waals surface area (Å²) in [6.07, 6.45) is 7.89. The SMILES string of the molecule is CC(=O)c1cnc(C2(C)CCCCC2)[nH]1. The Balaban J connectivity index is 2.23. The molecule has 1 N–H and O–H groups in total. The molecule has 1 heterocycles. The number of hydrogen-bond acceptors (Lipinski definition) is 2. The molecule has 1 aliphatic carbocycles. The van der Waals surface area contributed by atoms with Gasteiger partial charge in [-0.25, -0.2) is 4.98 Å². The number of aromatic amines is 1. The third-order valence-corrected chi connectivity index (χ3v) is 3.48. The van der Waals surface area contributed by atoms with Crippen molar-refractivity contribution in [1.29, 1.82) is 0 Å². The lowest BCUT2D eigenvalue weighted by atomic mass is 9.75. The van der Waals surface area contributed by atoms with Crippen molar-refractivity contribution in [2.75, 3.05) is 0 Å². The zero-order valence-electron chi connectivity index (χ0n) is 9.47. The van der Waals surface area contributed by atoms with E-state index in [0.29, 0.717) is 5.69 Å². The molecule has 1 aromatic rings.